The molecule has 0 spiro atoms. The minimum atomic E-state index is -0.591. The first kappa shape index (κ1) is 12.3. The zero-order valence-corrected chi connectivity index (χ0v) is 9.03. The van der Waals surface area contributed by atoms with Crippen LogP contribution in [0.5, 0.6) is 0 Å². The van der Waals surface area contributed by atoms with Crippen LogP contribution in [0.25, 0.3) is 0 Å². The Morgan fingerprint density at radius 2 is 1.69 bits per heavy atom. The molecule has 0 aromatic rings. The van der Waals surface area contributed by atoms with E-state index in [2.05, 4.69) is 0 Å². The van der Waals surface area contributed by atoms with E-state index in [1.807, 2.05) is 27.7 Å². The van der Waals surface area contributed by atoms with Crippen LogP contribution in [0.15, 0.2) is 0 Å². The summed E-state index contributed by atoms with van der Waals surface area (Å²) in [4.78, 5) is 11.1. The SMILES string of the molecule is C[CH][C@@H](C)OC(=O)O[C@H](C)C(C)C. The Labute approximate surface area is 80.4 Å². The first-order chi connectivity index (χ1) is 5.97. The quantitative estimate of drug-likeness (QED) is 0.635. The van der Waals surface area contributed by atoms with Crippen LogP contribution in [0, 0.1) is 12.3 Å². The van der Waals surface area contributed by atoms with Gasteiger partial charge in [-0.1, -0.05) is 20.8 Å². The van der Waals surface area contributed by atoms with Gasteiger partial charge in [-0.3, -0.25) is 0 Å². The summed E-state index contributed by atoms with van der Waals surface area (Å²) in [7, 11) is 0. The van der Waals surface area contributed by atoms with Crippen LogP contribution in [0.3, 0.4) is 0 Å². The van der Waals surface area contributed by atoms with E-state index >= 15 is 0 Å². The van der Waals surface area contributed by atoms with Crippen molar-refractivity contribution in [3.63, 3.8) is 0 Å². The third kappa shape index (κ3) is 5.50. The summed E-state index contributed by atoms with van der Waals surface area (Å²) in [6.45, 7) is 9.47. The lowest BCUT2D eigenvalue weighted by Gasteiger charge is -2.17. The maximum absolute atomic E-state index is 11.1. The van der Waals surface area contributed by atoms with Gasteiger partial charge in [0.2, 0.25) is 0 Å². The van der Waals surface area contributed by atoms with Crippen molar-refractivity contribution in [1.82, 2.24) is 0 Å². The molecule has 0 amide bonds. The summed E-state index contributed by atoms with van der Waals surface area (Å²) in [6.07, 6.45) is 0.914. The highest BCUT2D eigenvalue weighted by Crippen LogP contribution is 2.07. The van der Waals surface area contributed by atoms with Gasteiger partial charge in [0, 0.05) is 0 Å². The number of ether oxygens (including phenoxy) is 2. The number of carbonyl (C=O) groups excluding carboxylic acids is 1. The maximum Gasteiger partial charge on any atom is 0.508 e. The van der Waals surface area contributed by atoms with Crippen molar-refractivity contribution < 1.29 is 14.3 Å². The Kier molecular flexibility index (Phi) is 5.51. The largest absolute Gasteiger partial charge is 0.508 e. The van der Waals surface area contributed by atoms with Crippen molar-refractivity contribution in [2.75, 3.05) is 0 Å². The van der Waals surface area contributed by atoms with Gasteiger partial charge in [-0.25, -0.2) is 4.79 Å². The van der Waals surface area contributed by atoms with Gasteiger partial charge in [0.15, 0.2) is 0 Å². The van der Waals surface area contributed by atoms with Gasteiger partial charge < -0.3 is 9.47 Å². The normalized spacial score (nSPS) is 15.2. The zero-order chi connectivity index (χ0) is 10.4. The monoisotopic (exact) mass is 187 g/mol. The van der Waals surface area contributed by atoms with Gasteiger partial charge >= 0.3 is 6.16 Å². The van der Waals surface area contributed by atoms with E-state index < -0.39 is 6.16 Å². The molecular formula is C10H19O3. The van der Waals surface area contributed by atoms with Crippen molar-refractivity contribution in [2.45, 2.75) is 46.8 Å². The summed E-state index contributed by atoms with van der Waals surface area (Å²) >= 11 is 0. The Bertz CT molecular complexity index is 154. The summed E-state index contributed by atoms with van der Waals surface area (Å²) in [5, 5.41) is 0. The predicted octanol–water partition coefficient (Wildman–Crippen LogP) is 2.80. The van der Waals surface area contributed by atoms with Gasteiger partial charge in [-0.05, 0) is 26.2 Å². The molecule has 13 heavy (non-hydrogen) atoms. The van der Waals surface area contributed by atoms with Gasteiger partial charge in [0.05, 0.1) is 0 Å². The number of carbonyl (C=O) groups is 1. The molecular weight excluding hydrogens is 168 g/mol. The lowest BCUT2D eigenvalue weighted by Crippen LogP contribution is -2.23. The zero-order valence-electron chi connectivity index (χ0n) is 9.03. The maximum atomic E-state index is 11.1. The molecule has 0 saturated heterocycles. The molecule has 0 aromatic carbocycles. The average molecular weight is 187 g/mol. The molecule has 0 fully saturated rings. The molecule has 0 bridgehead atoms. The minimum absolute atomic E-state index is 0.100. The topological polar surface area (TPSA) is 35.5 Å². The highest BCUT2D eigenvalue weighted by Gasteiger charge is 2.15. The van der Waals surface area contributed by atoms with Crippen molar-refractivity contribution in [3.05, 3.63) is 6.42 Å². The second-order valence-corrected chi connectivity index (χ2v) is 3.47. The Balaban J connectivity index is 3.74. The summed E-state index contributed by atoms with van der Waals surface area (Å²) < 4.78 is 9.91. The first-order valence-corrected chi connectivity index (χ1v) is 4.64. The minimum Gasteiger partial charge on any atom is -0.431 e. The molecule has 77 valence electrons. The van der Waals surface area contributed by atoms with Crippen LogP contribution in [0.2, 0.25) is 0 Å². The van der Waals surface area contributed by atoms with Crippen LogP contribution < -0.4 is 0 Å². The van der Waals surface area contributed by atoms with E-state index in [4.69, 9.17) is 9.47 Å². The molecule has 0 aliphatic heterocycles. The molecule has 0 saturated carbocycles. The van der Waals surface area contributed by atoms with Gasteiger partial charge in [-0.15, -0.1) is 0 Å². The molecule has 0 unspecified atom stereocenters. The van der Waals surface area contributed by atoms with Crippen LogP contribution in [0.1, 0.15) is 34.6 Å². The van der Waals surface area contributed by atoms with Crippen LogP contribution in [0.4, 0.5) is 4.79 Å². The molecule has 2 atom stereocenters. The number of hydrogen-bond acceptors (Lipinski definition) is 3. The molecule has 0 rings (SSSR count). The van der Waals surface area contributed by atoms with E-state index in [9.17, 15) is 4.79 Å². The van der Waals surface area contributed by atoms with Crippen LogP contribution in [-0.4, -0.2) is 18.4 Å². The molecule has 0 aliphatic carbocycles. The van der Waals surface area contributed by atoms with Crippen molar-refractivity contribution in [2.24, 2.45) is 5.92 Å². The molecule has 3 nitrogen and oxygen atoms in total. The lowest BCUT2D eigenvalue weighted by molar-refractivity contribution is 0.00228. The van der Waals surface area contributed by atoms with E-state index in [-0.39, 0.29) is 12.2 Å². The van der Waals surface area contributed by atoms with Crippen molar-refractivity contribution in [1.29, 1.82) is 0 Å². The van der Waals surface area contributed by atoms with Crippen molar-refractivity contribution in [3.8, 4) is 0 Å². The summed E-state index contributed by atoms with van der Waals surface area (Å²) in [5.74, 6) is 0.313. The Morgan fingerprint density at radius 1 is 1.15 bits per heavy atom. The third-order valence-corrected chi connectivity index (χ3v) is 1.97. The fourth-order valence-corrected chi connectivity index (χ4v) is 0.535. The summed E-state index contributed by atoms with van der Waals surface area (Å²) in [5.41, 5.74) is 0. The molecule has 1 radical (unpaired) electrons. The van der Waals surface area contributed by atoms with E-state index in [1.165, 1.54) is 0 Å². The van der Waals surface area contributed by atoms with Crippen LogP contribution >= 0.6 is 0 Å². The standard InChI is InChI=1S/C10H19O3/c1-6-8(4)12-10(11)13-9(5)7(2)3/h6-9H,1-5H3/t8-,9-/m1/s1. The second kappa shape index (κ2) is 5.84. The van der Waals surface area contributed by atoms with Gasteiger partial charge in [0.25, 0.3) is 0 Å². The number of hydrogen-bond donors (Lipinski definition) is 0. The Hall–Kier alpha value is -0.730. The highest BCUT2D eigenvalue weighted by atomic mass is 16.7. The third-order valence-electron chi connectivity index (χ3n) is 1.97. The average Bonchev–Trinajstić information content (AvgIpc) is 2.03. The molecule has 0 heterocycles. The van der Waals surface area contributed by atoms with Crippen LogP contribution in [-0.2, 0) is 9.47 Å². The molecule has 0 N–H and O–H groups in total. The first-order valence-electron chi connectivity index (χ1n) is 4.64. The van der Waals surface area contributed by atoms with Gasteiger partial charge in [0.1, 0.15) is 12.2 Å². The fraction of sp³-hybridized carbons (Fsp3) is 0.800. The number of rotatable bonds is 4. The van der Waals surface area contributed by atoms with Crippen molar-refractivity contribution >= 4 is 6.16 Å². The molecule has 3 heteroatoms. The smallest absolute Gasteiger partial charge is 0.431 e. The van der Waals surface area contributed by atoms with E-state index in [0.29, 0.717) is 5.92 Å². The van der Waals surface area contributed by atoms with E-state index in [0.717, 1.165) is 0 Å². The highest BCUT2D eigenvalue weighted by molar-refractivity contribution is 5.60. The Morgan fingerprint density at radius 3 is 2.08 bits per heavy atom. The second-order valence-electron chi connectivity index (χ2n) is 3.47. The van der Waals surface area contributed by atoms with Gasteiger partial charge in [-0.2, -0.15) is 0 Å². The fourth-order valence-electron chi connectivity index (χ4n) is 0.535. The predicted molar refractivity (Wildman–Crippen MR) is 51.3 cm³/mol. The van der Waals surface area contributed by atoms with E-state index in [1.54, 1.807) is 13.3 Å². The molecule has 0 aromatic heterocycles. The molecule has 0 aliphatic rings. The lowest BCUT2D eigenvalue weighted by atomic mass is 10.1. The summed E-state index contributed by atoms with van der Waals surface area (Å²) in [6, 6.07) is 0.